The molecule has 18 heavy (non-hydrogen) atoms. The van der Waals surface area contributed by atoms with Gasteiger partial charge < -0.3 is 5.11 Å². The first-order valence-electron chi connectivity index (χ1n) is 5.65. The molecule has 0 aliphatic heterocycles. The Morgan fingerprint density at radius 2 is 1.72 bits per heavy atom. The first-order chi connectivity index (χ1) is 8.63. The van der Waals surface area contributed by atoms with Gasteiger partial charge >= 0.3 is 0 Å². The van der Waals surface area contributed by atoms with Crippen molar-refractivity contribution in [2.24, 2.45) is 0 Å². The summed E-state index contributed by atoms with van der Waals surface area (Å²) in [5, 5.41) is 10.1. The molecule has 94 valence electrons. The zero-order valence-electron chi connectivity index (χ0n) is 9.68. The minimum atomic E-state index is -0.393. The van der Waals surface area contributed by atoms with Crippen molar-refractivity contribution in [1.82, 2.24) is 4.98 Å². The fourth-order valence-electron chi connectivity index (χ4n) is 1.85. The summed E-state index contributed by atoms with van der Waals surface area (Å²) in [5.41, 5.74) is 2.16. The molecule has 1 unspecified atom stereocenters. The van der Waals surface area contributed by atoms with Crippen molar-refractivity contribution in [2.75, 3.05) is 0 Å². The zero-order valence-corrected chi connectivity index (χ0v) is 12.9. The van der Waals surface area contributed by atoms with Gasteiger partial charge in [-0.2, -0.15) is 0 Å². The van der Waals surface area contributed by atoms with Gasteiger partial charge in [0.2, 0.25) is 0 Å². The molecule has 0 spiro atoms. The van der Waals surface area contributed by atoms with Crippen molar-refractivity contribution < 1.29 is 5.11 Å². The average Bonchev–Trinajstić information content (AvgIpc) is 2.28. The molecular formula is C14H13Br2NO. The maximum absolute atomic E-state index is 10.1. The van der Waals surface area contributed by atoms with Crippen molar-refractivity contribution >= 4 is 31.9 Å². The summed E-state index contributed by atoms with van der Waals surface area (Å²) in [6.45, 7) is 0. The van der Waals surface area contributed by atoms with Crippen molar-refractivity contribution in [3.8, 4) is 0 Å². The van der Waals surface area contributed by atoms with E-state index in [4.69, 9.17) is 0 Å². The Morgan fingerprint density at radius 3 is 2.44 bits per heavy atom. The topological polar surface area (TPSA) is 33.1 Å². The Morgan fingerprint density at radius 1 is 1.00 bits per heavy atom. The van der Waals surface area contributed by atoms with Gasteiger partial charge in [0.25, 0.3) is 0 Å². The molecule has 0 aliphatic rings. The van der Waals surface area contributed by atoms with Crippen LogP contribution in [0.3, 0.4) is 0 Å². The Hall–Kier alpha value is -0.710. The highest BCUT2D eigenvalue weighted by molar-refractivity contribution is 9.10. The molecule has 0 amide bonds. The number of pyridine rings is 1. The molecule has 1 aromatic carbocycles. The van der Waals surface area contributed by atoms with Gasteiger partial charge in [0, 0.05) is 27.8 Å². The Balaban J connectivity index is 1.98. The molecule has 1 aromatic heterocycles. The summed E-state index contributed by atoms with van der Waals surface area (Å²) < 4.78 is 1.98. The molecule has 0 saturated heterocycles. The van der Waals surface area contributed by atoms with Crippen LogP contribution < -0.4 is 0 Å². The molecule has 0 bridgehead atoms. The summed E-state index contributed by atoms with van der Waals surface area (Å²) in [4.78, 5) is 4.09. The zero-order chi connectivity index (χ0) is 13.0. The van der Waals surface area contributed by atoms with E-state index < -0.39 is 6.10 Å². The number of aromatic nitrogens is 1. The minimum Gasteiger partial charge on any atom is -0.392 e. The van der Waals surface area contributed by atoms with E-state index >= 15 is 0 Å². The Labute approximate surface area is 123 Å². The molecular weight excluding hydrogens is 358 g/mol. The maximum atomic E-state index is 10.1. The van der Waals surface area contributed by atoms with Crippen LogP contribution in [0.4, 0.5) is 0 Å². The van der Waals surface area contributed by atoms with E-state index in [-0.39, 0.29) is 0 Å². The smallest absolute Gasteiger partial charge is 0.0621 e. The number of hydrogen-bond acceptors (Lipinski definition) is 2. The summed E-state index contributed by atoms with van der Waals surface area (Å²) in [5.74, 6) is 0. The first-order valence-corrected chi connectivity index (χ1v) is 7.24. The SMILES string of the molecule is OC(Cc1cccc(Br)c1)Cc1cncc(Br)c1. The van der Waals surface area contributed by atoms with Crippen molar-refractivity contribution in [1.29, 1.82) is 0 Å². The predicted molar refractivity (Wildman–Crippen MR) is 79.5 cm³/mol. The van der Waals surface area contributed by atoms with Crippen LogP contribution in [-0.2, 0) is 12.8 Å². The van der Waals surface area contributed by atoms with Gasteiger partial charge in [-0.1, -0.05) is 28.1 Å². The van der Waals surface area contributed by atoms with Gasteiger partial charge in [-0.25, -0.2) is 0 Å². The van der Waals surface area contributed by atoms with Crippen molar-refractivity contribution in [3.63, 3.8) is 0 Å². The second kappa shape index (κ2) is 6.45. The number of halogens is 2. The largest absolute Gasteiger partial charge is 0.392 e. The van der Waals surface area contributed by atoms with E-state index in [2.05, 4.69) is 36.8 Å². The van der Waals surface area contributed by atoms with E-state index in [9.17, 15) is 5.11 Å². The number of nitrogens with zero attached hydrogens (tertiary/aromatic N) is 1. The van der Waals surface area contributed by atoms with Crippen LogP contribution in [0.5, 0.6) is 0 Å². The fourth-order valence-corrected chi connectivity index (χ4v) is 2.71. The van der Waals surface area contributed by atoms with Crippen LogP contribution in [0.2, 0.25) is 0 Å². The van der Waals surface area contributed by atoms with Crippen LogP contribution in [0.1, 0.15) is 11.1 Å². The second-order valence-corrected chi connectivity index (χ2v) is 6.03. The minimum absolute atomic E-state index is 0.393. The van der Waals surface area contributed by atoms with Gasteiger partial charge in [-0.15, -0.1) is 0 Å². The second-order valence-electron chi connectivity index (χ2n) is 4.20. The lowest BCUT2D eigenvalue weighted by molar-refractivity contribution is 0.175. The van der Waals surface area contributed by atoms with Crippen LogP contribution in [0.25, 0.3) is 0 Å². The summed E-state index contributed by atoms with van der Waals surface area (Å²) in [6.07, 6.45) is 4.39. The quantitative estimate of drug-likeness (QED) is 0.888. The molecule has 1 N–H and O–H groups in total. The summed E-state index contributed by atoms with van der Waals surface area (Å²) in [7, 11) is 0. The van der Waals surface area contributed by atoms with E-state index in [1.165, 1.54) is 0 Å². The first kappa shape index (κ1) is 13.7. The molecule has 2 aromatic rings. The van der Waals surface area contributed by atoms with E-state index in [1.54, 1.807) is 12.4 Å². The van der Waals surface area contributed by atoms with Gasteiger partial charge in [0.05, 0.1) is 6.10 Å². The number of benzene rings is 1. The predicted octanol–water partition coefficient (Wildman–Crippen LogP) is 3.75. The third-order valence-electron chi connectivity index (χ3n) is 2.59. The number of aliphatic hydroxyl groups excluding tert-OH is 1. The molecule has 0 radical (unpaired) electrons. The Kier molecular flexibility index (Phi) is 4.92. The normalized spacial score (nSPS) is 12.4. The summed E-state index contributed by atoms with van der Waals surface area (Å²) >= 11 is 6.81. The highest BCUT2D eigenvalue weighted by Crippen LogP contribution is 2.16. The van der Waals surface area contributed by atoms with Gasteiger partial charge in [0.1, 0.15) is 0 Å². The van der Waals surface area contributed by atoms with Crippen molar-refractivity contribution in [2.45, 2.75) is 18.9 Å². The van der Waals surface area contributed by atoms with Crippen LogP contribution >= 0.6 is 31.9 Å². The van der Waals surface area contributed by atoms with Gasteiger partial charge in [-0.05, 0) is 51.7 Å². The maximum Gasteiger partial charge on any atom is 0.0621 e. The number of hydrogen-bond donors (Lipinski definition) is 1. The van der Waals surface area contributed by atoms with Crippen LogP contribution in [-0.4, -0.2) is 16.2 Å². The lowest BCUT2D eigenvalue weighted by Crippen LogP contribution is -2.14. The third-order valence-corrected chi connectivity index (χ3v) is 3.52. The molecule has 0 saturated carbocycles. The van der Waals surface area contributed by atoms with Gasteiger partial charge in [-0.3, -0.25) is 4.98 Å². The van der Waals surface area contributed by atoms with Crippen molar-refractivity contribution in [3.05, 3.63) is 62.8 Å². The third kappa shape index (κ3) is 4.19. The average molecular weight is 371 g/mol. The monoisotopic (exact) mass is 369 g/mol. The van der Waals surface area contributed by atoms with E-state index in [1.807, 2.05) is 30.3 Å². The summed E-state index contributed by atoms with van der Waals surface area (Å²) in [6, 6.07) is 9.99. The van der Waals surface area contributed by atoms with Crippen LogP contribution in [0, 0.1) is 0 Å². The highest BCUT2D eigenvalue weighted by atomic mass is 79.9. The molecule has 4 heteroatoms. The van der Waals surface area contributed by atoms with Gasteiger partial charge in [0.15, 0.2) is 0 Å². The molecule has 0 fully saturated rings. The van der Waals surface area contributed by atoms with E-state index in [0.717, 1.165) is 20.1 Å². The number of rotatable bonds is 4. The molecule has 2 rings (SSSR count). The Bertz CT molecular complexity index is 483. The lowest BCUT2D eigenvalue weighted by atomic mass is 10.0. The highest BCUT2D eigenvalue weighted by Gasteiger charge is 2.08. The fraction of sp³-hybridized carbons (Fsp3) is 0.214. The standard InChI is InChI=1S/C14H13Br2NO/c15-12-3-1-2-10(4-12)6-14(18)7-11-5-13(16)9-17-8-11/h1-5,8-9,14,18H,6-7H2. The van der Waals surface area contributed by atoms with E-state index in [0.29, 0.717) is 12.8 Å². The lowest BCUT2D eigenvalue weighted by Gasteiger charge is -2.11. The molecule has 2 nitrogen and oxygen atoms in total. The molecule has 1 heterocycles. The number of aliphatic hydroxyl groups is 1. The molecule has 0 aliphatic carbocycles. The van der Waals surface area contributed by atoms with Crippen LogP contribution in [0.15, 0.2) is 51.7 Å². The molecule has 1 atom stereocenters.